The Morgan fingerprint density at radius 3 is 2.53 bits per heavy atom. The van der Waals surface area contributed by atoms with E-state index in [-0.39, 0.29) is 9.88 Å². The smallest absolute Gasteiger partial charge is 0.241 e. The largest absolute Gasteiger partial charge is 0.392 e. The molecule has 4 nitrogen and oxygen atoms in total. The van der Waals surface area contributed by atoms with E-state index >= 15 is 0 Å². The molecule has 0 unspecified atom stereocenters. The van der Waals surface area contributed by atoms with Crippen LogP contribution < -0.4 is 10.5 Å². The van der Waals surface area contributed by atoms with E-state index in [1.807, 2.05) is 0 Å². The number of rotatable bonds is 4. The number of benzene rings is 1. The molecule has 17 heavy (non-hydrogen) atoms. The summed E-state index contributed by atoms with van der Waals surface area (Å²) in [4.78, 5) is -0.153. The minimum atomic E-state index is -3.84. The van der Waals surface area contributed by atoms with Crippen LogP contribution in [0.5, 0.6) is 0 Å². The summed E-state index contributed by atoms with van der Waals surface area (Å²) in [7, 11) is -3.84. The monoisotopic (exact) mass is 276 g/mol. The van der Waals surface area contributed by atoms with Crippen molar-refractivity contribution >= 4 is 27.2 Å². The fourth-order valence-electron chi connectivity index (χ4n) is 1.08. The molecule has 0 saturated heterocycles. The van der Waals surface area contributed by atoms with Gasteiger partial charge in [-0.15, -0.1) is 0 Å². The molecule has 3 N–H and O–H groups in total. The molecule has 0 spiro atoms. The van der Waals surface area contributed by atoms with Crippen molar-refractivity contribution in [3.05, 3.63) is 30.1 Å². The third-order valence-corrected chi connectivity index (χ3v) is 4.28. The molecule has 0 aromatic heterocycles. The summed E-state index contributed by atoms with van der Waals surface area (Å²) < 4.78 is 39.1. The highest BCUT2D eigenvalue weighted by atomic mass is 32.2. The van der Waals surface area contributed by atoms with E-state index in [1.165, 1.54) is 26.0 Å². The lowest BCUT2D eigenvalue weighted by Crippen LogP contribution is -2.51. The lowest BCUT2D eigenvalue weighted by atomic mass is 10.1. The van der Waals surface area contributed by atoms with Gasteiger partial charge in [0.25, 0.3) is 0 Å². The maximum atomic E-state index is 12.9. The summed E-state index contributed by atoms with van der Waals surface area (Å²) in [6, 6.07) is 4.70. The second-order valence-corrected chi connectivity index (χ2v) is 6.17. The number of halogens is 1. The van der Waals surface area contributed by atoms with E-state index in [9.17, 15) is 12.8 Å². The Bertz CT molecular complexity index is 541. The Morgan fingerprint density at radius 1 is 1.47 bits per heavy atom. The summed E-state index contributed by atoms with van der Waals surface area (Å²) in [6.45, 7) is 3.07. The molecular formula is C10H13FN2O2S2. The standard InChI is InChI=1S/C10H13FN2O2S2/c1-10(2,9(12)16)13-17(14,15)8-5-3-4-7(11)6-8/h3-6,13H,1-2H3,(H2,12,16). The molecule has 1 rings (SSSR count). The van der Waals surface area contributed by atoms with Gasteiger partial charge in [0, 0.05) is 0 Å². The second-order valence-electron chi connectivity index (χ2n) is 4.05. The second kappa shape index (κ2) is 4.67. The van der Waals surface area contributed by atoms with Gasteiger partial charge in [0.05, 0.1) is 15.4 Å². The third kappa shape index (κ3) is 3.45. The van der Waals surface area contributed by atoms with Gasteiger partial charge in [-0.1, -0.05) is 18.3 Å². The highest BCUT2D eigenvalue weighted by Gasteiger charge is 2.28. The van der Waals surface area contributed by atoms with Crippen molar-refractivity contribution in [2.75, 3.05) is 0 Å². The van der Waals surface area contributed by atoms with E-state index in [0.29, 0.717) is 0 Å². The lowest BCUT2D eigenvalue weighted by molar-refractivity contribution is 0.544. The average Bonchev–Trinajstić information content (AvgIpc) is 2.15. The van der Waals surface area contributed by atoms with E-state index in [4.69, 9.17) is 18.0 Å². The first-order chi connectivity index (χ1) is 7.65. The van der Waals surface area contributed by atoms with Gasteiger partial charge in [-0.2, -0.15) is 4.72 Å². The van der Waals surface area contributed by atoms with E-state index < -0.39 is 21.4 Å². The van der Waals surface area contributed by atoms with Crippen LogP contribution in [0.2, 0.25) is 0 Å². The van der Waals surface area contributed by atoms with Gasteiger partial charge in [0.1, 0.15) is 5.82 Å². The van der Waals surface area contributed by atoms with Gasteiger partial charge in [-0.25, -0.2) is 12.8 Å². The summed E-state index contributed by atoms with van der Waals surface area (Å²) in [5.74, 6) is -0.624. The van der Waals surface area contributed by atoms with Crippen LogP contribution >= 0.6 is 12.2 Å². The fraction of sp³-hybridized carbons (Fsp3) is 0.300. The Hall–Kier alpha value is -1.05. The average molecular weight is 276 g/mol. The van der Waals surface area contributed by atoms with E-state index in [0.717, 1.165) is 12.1 Å². The predicted molar refractivity (Wildman–Crippen MR) is 67.6 cm³/mol. The molecule has 0 atom stereocenters. The van der Waals surface area contributed by atoms with Gasteiger partial charge >= 0.3 is 0 Å². The number of nitrogens with one attached hydrogen (secondary N) is 1. The molecule has 0 heterocycles. The van der Waals surface area contributed by atoms with E-state index in [1.54, 1.807) is 0 Å². The quantitative estimate of drug-likeness (QED) is 0.810. The summed E-state index contributed by atoms with van der Waals surface area (Å²) >= 11 is 4.75. The predicted octanol–water partition coefficient (Wildman–Crippen LogP) is 1.17. The third-order valence-electron chi connectivity index (χ3n) is 2.11. The van der Waals surface area contributed by atoms with Crippen LogP contribution in [0.3, 0.4) is 0 Å². The van der Waals surface area contributed by atoms with Crippen LogP contribution in [-0.2, 0) is 10.0 Å². The molecule has 0 amide bonds. The van der Waals surface area contributed by atoms with Crippen molar-refractivity contribution in [1.82, 2.24) is 4.72 Å². The SMILES string of the molecule is CC(C)(NS(=O)(=O)c1cccc(F)c1)C(N)=S. The van der Waals surface area contributed by atoms with Crippen molar-refractivity contribution < 1.29 is 12.8 Å². The number of hydrogen-bond donors (Lipinski definition) is 2. The van der Waals surface area contributed by atoms with Gasteiger partial charge in [0.15, 0.2) is 0 Å². The van der Waals surface area contributed by atoms with Crippen LogP contribution in [-0.4, -0.2) is 18.9 Å². The lowest BCUT2D eigenvalue weighted by Gasteiger charge is -2.24. The summed E-state index contributed by atoms with van der Waals surface area (Å²) in [5.41, 5.74) is 4.35. The molecule has 0 fully saturated rings. The Morgan fingerprint density at radius 2 is 2.06 bits per heavy atom. The first-order valence-electron chi connectivity index (χ1n) is 4.74. The Kier molecular flexibility index (Phi) is 3.85. The van der Waals surface area contributed by atoms with Gasteiger partial charge in [-0.05, 0) is 32.0 Å². The van der Waals surface area contributed by atoms with Crippen LogP contribution in [0.4, 0.5) is 4.39 Å². The van der Waals surface area contributed by atoms with Crippen LogP contribution in [0.15, 0.2) is 29.2 Å². The fourth-order valence-corrected chi connectivity index (χ4v) is 2.62. The zero-order valence-corrected chi connectivity index (χ0v) is 11.0. The van der Waals surface area contributed by atoms with Gasteiger partial charge in [0.2, 0.25) is 10.0 Å². The molecular weight excluding hydrogens is 263 g/mol. The Balaban J connectivity index is 3.10. The maximum absolute atomic E-state index is 12.9. The number of thiocarbonyl (C=S) groups is 1. The van der Waals surface area contributed by atoms with E-state index in [2.05, 4.69) is 4.72 Å². The number of hydrogen-bond acceptors (Lipinski definition) is 3. The molecule has 0 radical (unpaired) electrons. The molecule has 0 saturated carbocycles. The molecule has 0 aliphatic heterocycles. The van der Waals surface area contributed by atoms with Gasteiger partial charge in [-0.3, -0.25) is 0 Å². The molecule has 1 aromatic carbocycles. The van der Waals surface area contributed by atoms with Crippen LogP contribution in [0.1, 0.15) is 13.8 Å². The molecule has 1 aromatic rings. The molecule has 7 heteroatoms. The minimum Gasteiger partial charge on any atom is -0.392 e. The molecule has 0 aliphatic rings. The summed E-state index contributed by atoms with van der Waals surface area (Å²) in [6.07, 6.45) is 0. The molecule has 94 valence electrons. The van der Waals surface area contributed by atoms with Crippen molar-refractivity contribution in [3.63, 3.8) is 0 Å². The number of nitrogens with two attached hydrogens (primary N) is 1. The van der Waals surface area contributed by atoms with Crippen molar-refractivity contribution in [1.29, 1.82) is 0 Å². The van der Waals surface area contributed by atoms with Crippen LogP contribution in [0.25, 0.3) is 0 Å². The number of sulfonamides is 1. The first-order valence-corrected chi connectivity index (χ1v) is 6.64. The highest BCUT2D eigenvalue weighted by molar-refractivity contribution is 7.89. The molecule has 0 bridgehead atoms. The zero-order valence-electron chi connectivity index (χ0n) is 9.40. The highest BCUT2D eigenvalue weighted by Crippen LogP contribution is 2.14. The van der Waals surface area contributed by atoms with Crippen molar-refractivity contribution in [3.8, 4) is 0 Å². The summed E-state index contributed by atoms with van der Waals surface area (Å²) in [5, 5.41) is 0. The minimum absolute atomic E-state index is 0.0116. The van der Waals surface area contributed by atoms with Crippen molar-refractivity contribution in [2.45, 2.75) is 24.3 Å². The van der Waals surface area contributed by atoms with Crippen LogP contribution in [0, 0.1) is 5.82 Å². The first kappa shape index (κ1) is 14.0. The maximum Gasteiger partial charge on any atom is 0.241 e. The normalized spacial score (nSPS) is 12.4. The zero-order chi connectivity index (χ0) is 13.3. The molecule has 0 aliphatic carbocycles. The van der Waals surface area contributed by atoms with Gasteiger partial charge < -0.3 is 5.73 Å². The Labute approximate surface area is 105 Å². The topological polar surface area (TPSA) is 72.2 Å². The van der Waals surface area contributed by atoms with Crippen molar-refractivity contribution in [2.24, 2.45) is 5.73 Å².